The Labute approximate surface area is 129 Å². The van der Waals surface area contributed by atoms with Gasteiger partial charge in [-0.15, -0.1) is 0 Å². The van der Waals surface area contributed by atoms with Crippen molar-refractivity contribution in [1.29, 1.82) is 0 Å². The van der Waals surface area contributed by atoms with E-state index in [0.29, 0.717) is 12.1 Å². The van der Waals surface area contributed by atoms with Crippen molar-refractivity contribution in [2.24, 2.45) is 0 Å². The number of aromatic nitrogens is 1. The smallest absolute Gasteiger partial charge is 0.0637 e. The molecule has 120 valence electrons. The predicted octanol–water partition coefficient (Wildman–Crippen LogP) is 3.22. The van der Waals surface area contributed by atoms with Crippen LogP contribution in [-0.4, -0.2) is 37.3 Å². The first kappa shape index (κ1) is 17.9. The number of rotatable bonds is 10. The number of nitrogens with zero attached hydrogens (tertiary/aromatic N) is 2. The molecule has 1 aromatic rings. The lowest BCUT2D eigenvalue weighted by Gasteiger charge is -2.34. The molecular formula is C17H31N3O. The predicted molar refractivity (Wildman–Crippen MR) is 89.8 cm³/mol. The Kier molecular flexibility index (Phi) is 8.31. The molecule has 1 N–H and O–H groups in total. The van der Waals surface area contributed by atoms with E-state index in [1.54, 1.807) is 7.11 Å². The summed E-state index contributed by atoms with van der Waals surface area (Å²) in [6.45, 7) is 11.4. The molecule has 21 heavy (non-hydrogen) atoms. The van der Waals surface area contributed by atoms with E-state index in [1.165, 1.54) is 11.3 Å². The van der Waals surface area contributed by atoms with Crippen LogP contribution >= 0.6 is 0 Å². The molecule has 0 radical (unpaired) electrons. The molecule has 0 atom stereocenters. The molecule has 0 spiro atoms. The number of pyridine rings is 1. The lowest BCUT2D eigenvalue weighted by Crippen LogP contribution is -2.38. The van der Waals surface area contributed by atoms with Crippen molar-refractivity contribution in [3.8, 4) is 0 Å². The molecule has 1 rings (SSSR count). The number of anilines is 1. The van der Waals surface area contributed by atoms with Gasteiger partial charge in [-0.25, -0.2) is 0 Å². The highest BCUT2D eigenvalue weighted by Gasteiger charge is 2.18. The Hall–Kier alpha value is -1.13. The van der Waals surface area contributed by atoms with Crippen LogP contribution in [0, 0.1) is 0 Å². The first-order valence-electron chi connectivity index (χ1n) is 8.05. The molecule has 0 aliphatic carbocycles. The van der Waals surface area contributed by atoms with Gasteiger partial charge in [-0.2, -0.15) is 0 Å². The summed E-state index contributed by atoms with van der Waals surface area (Å²) in [6, 6.07) is 3.14. The van der Waals surface area contributed by atoms with E-state index in [-0.39, 0.29) is 0 Å². The van der Waals surface area contributed by atoms with E-state index in [9.17, 15) is 0 Å². The fraction of sp³-hybridized carbons (Fsp3) is 0.706. The molecule has 1 aromatic heterocycles. The van der Waals surface area contributed by atoms with Crippen LogP contribution in [0.5, 0.6) is 0 Å². The fourth-order valence-corrected chi connectivity index (χ4v) is 2.57. The molecule has 0 saturated heterocycles. The molecule has 0 aliphatic rings. The molecule has 0 fully saturated rings. The van der Waals surface area contributed by atoms with E-state index in [2.05, 4.69) is 49.0 Å². The topological polar surface area (TPSA) is 37.4 Å². The Bertz CT molecular complexity index is 391. The van der Waals surface area contributed by atoms with Gasteiger partial charge in [-0.1, -0.05) is 27.7 Å². The number of ether oxygens (including phenoxy) is 1. The van der Waals surface area contributed by atoms with Gasteiger partial charge in [0.1, 0.15) is 0 Å². The van der Waals surface area contributed by atoms with Crippen molar-refractivity contribution in [1.82, 2.24) is 10.3 Å². The van der Waals surface area contributed by atoms with Crippen molar-refractivity contribution in [3.05, 3.63) is 24.0 Å². The summed E-state index contributed by atoms with van der Waals surface area (Å²) in [6.07, 6.45) is 6.14. The standard InChI is InChI=1S/C17H31N3O/c1-6-16(7-2)20(10-11-21-5)17-8-9-18-12-15(17)13-19-14(3)4/h8-9,12,14,16,19H,6-7,10-11,13H2,1-5H3. The van der Waals surface area contributed by atoms with Crippen LogP contribution in [0.3, 0.4) is 0 Å². The maximum Gasteiger partial charge on any atom is 0.0637 e. The van der Waals surface area contributed by atoms with Crippen molar-refractivity contribution >= 4 is 5.69 Å². The average molecular weight is 293 g/mol. The summed E-state index contributed by atoms with van der Waals surface area (Å²) in [5.74, 6) is 0. The van der Waals surface area contributed by atoms with E-state index in [1.807, 2.05) is 12.4 Å². The number of hydrogen-bond acceptors (Lipinski definition) is 4. The highest BCUT2D eigenvalue weighted by molar-refractivity contribution is 5.53. The quantitative estimate of drug-likeness (QED) is 0.719. The van der Waals surface area contributed by atoms with Crippen LogP contribution in [0.25, 0.3) is 0 Å². The summed E-state index contributed by atoms with van der Waals surface area (Å²) in [4.78, 5) is 6.77. The van der Waals surface area contributed by atoms with Gasteiger partial charge in [0.15, 0.2) is 0 Å². The molecule has 1 heterocycles. The van der Waals surface area contributed by atoms with Gasteiger partial charge in [-0.3, -0.25) is 4.98 Å². The molecule has 0 amide bonds. The van der Waals surface area contributed by atoms with Gasteiger partial charge in [0, 0.05) is 55.9 Å². The summed E-state index contributed by atoms with van der Waals surface area (Å²) in [5, 5.41) is 3.49. The Balaban J connectivity index is 2.99. The molecule has 4 heteroatoms. The van der Waals surface area contributed by atoms with E-state index in [0.717, 1.165) is 32.5 Å². The number of methoxy groups -OCH3 is 1. The first-order chi connectivity index (χ1) is 10.1. The number of nitrogens with one attached hydrogen (secondary N) is 1. The van der Waals surface area contributed by atoms with E-state index >= 15 is 0 Å². The van der Waals surface area contributed by atoms with Crippen LogP contribution in [0.2, 0.25) is 0 Å². The zero-order valence-corrected chi connectivity index (χ0v) is 14.2. The second kappa shape index (κ2) is 9.74. The maximum absolute atomic E-state index is 5.30. The summed E-state index contributed by atoms with van der Waals surface area (Å²) >= 11 is 0. The van der Waals surface area contributed by atoms with Gasteiger partial charge in [0.2, 0.25) is 0 Å². The Morgan fingerprint density at radius 3 is 2.57 bits per heavy atom. The van der Waals surface area contributed by atoms with E-state index in [4.69, 9.17) is 4.74 Å². The third kappa shape index (κ3) is 5.64. The van der Waals surface area contributed by atoms with Crippen molar-refractivity contribution < 1.29 is 4.74 Å². The lowest BCUT2D eigenvalue weighted by atomic mass is 10.1. The minimum absolute atomic E-state index is 0.471. The fourth-order valence-electron chi connectivity index (χ4n) is 2.57. The minimum atomic E-state index is 0.471. The molecular weight excluding hydrogens is 262 g/mol. The summed E-state index contributed by atoms with van der Waals surface area (Å²) < 4.78 is 5.30. The van der Waals surface area contributed by atoms with Crippen LogP contribution in [0.15, 0.2) is 18.5 Å². The van der Waals surface area contributed by atoms with Crippen molar-refractivity contribution in [3.63, 3.8) is 0 Å². The highest BCUT2D eigenvalue weighted by atomic mass is 16.5. The second-order valence-corrected chi connectivity index (χ2v) is 5.70. The molecule has 0 saturated carbocycles. The van der Waals surface area contributed by atoms with Crippen LogP contribution < -0.4 is 10.2 Å². The first-order valence-corrected chi connectivity index (χ1v) is 8.05. The van der Waals surface area contributed by atoms with Gasteiger partial charge >= 0.3 is 0 Å². The zero-order chi connectivity index (χ0) is 15.7. The van der Waals surface area contributed by atoms with Gasteiger partial charge in [-0.05, 0) is 18.9 Å². The summed E-state index contributed by atoms with van der Waals surface area (Å²) in [5.41, 5.74) is 2.54. The zero-order valence-electron chi connectivity index (χ0n) is 14.2. The second-order valence-electron chi connectivity index (χ2n) is 5.70. The lowest BCUT2D eigenvalue weighted by molar-refractivity contribution is 0.202. The Morgan fingerprint density at radius 1 is 1.29 bits per heavy atom. The van der Waals surface area contributed by atoms with Crippen molar-refractivity contribution in [2.45, 2.75) is 59.2 Å². The molecule has 0 aliphatic heterocycles. The van der Waals surface area contributed by atoms with Crippen LogP contribution in [0.4, 0.5) is 5.69 Å². The molecule has 0 aromatic carbocycles. The van der Waals surface area contributed by atoms with Gasteiger partial charge in [0.05, 0.1) is 6.61 Å². The SMILES string of the molecule is CCC(CC)N(CCOC)c1ccncc1CNC(C)C. The molecule has 4 nitrogen and oxygen atoms in total. The van der Waals surface area contributed by atoms with Gasteiger partial charge < -0.3 is 15.0 Å². The van der Waals surface area contributed by atoms with Gasteiger partial charge in [0.25, 0.3) is 0 Å². The Morgan fingerprint density at radius 2 is 2.00 bits per heavy atom. The van der Waals surface area contributed by atoms with Crippen molar-refractivity contribution in [2.75, 3.05) is 25.2 Å². The third-order valence-corrected chi connectivity index (χ3v) is 3.81. The van der Waals surface area contributed by atoms with Crippen LogP contribution in [0.1, 0.15) is 46.1 Å². The summed E-state index contributed by atoms with van der Waals surface area (Å²) in [7, 11) is 1.76. The highest BCUT2D eigenvalue weighted by Crippen LogP contribution is 2.24. The largest absolute Gasteiger partial charge is 0.383 e. The molecule has 0 unspecified atom stereocenters. The molecule has 0 bridgehead atoms. The van der Waals surface area contributed by atoms with E-state index < -0.39 is 0 Å². The minimum Gasteiger partial charge on any atom is -0.383 e. The monoisotopic (exact) mass is 293 g/mol. The average Bonchev–Trinajstić information content (AvgIpc) is 2.50. The maximum atomic E-state index is 5.30. The number of hydrogen-bond donors (Lipinski definition) is 1. The normalized spacial score (nSPS) is 11.4. The van der Waals surface area contributed by atoms with Crippen LogP contribution in [-0.2, 0) is 11.3 Å². The third-order valence-electron chi connectivity index (χ3n) is 3.81.